The molecule has 0 aromatic carbocycles. The van der Waals surface area contributed by atoms with Crippen molar-refractivity contribution < 1.29 is 13.2 Å². The van der Waals surface area contributed by atoms with Gasteiger partial charge in [-0.15, -0.1) is 0 Å². The molecule has 0 bridgehead atoms. The fourth-order valence-electron chi connectivity index (χ4n) is 0.814. The number of carbonyl (C=O) groups is 1. The first kappa shape index (κ1) is 11.6. The summed E-state index contributed by atoms with van der Waals surface area (Å²) in [6, 6.07) is 0. The van der Waals surface area contributed by atoms with Gasteiger partial charge in [0.15, 0.2) is 9.84 Å². The molecular formula is C8H16O3S. The van der Waals surface area contributed by atoms with Gasteiger partial charge < -0.3 is 0 Å². The summed E-state index contributed by atoms with van der Waals surface area (Å²) in [6.07, 6.45) is 2.24. The van der Waals surface area contributed by atoms with Crippen LogP contribution in [-0.4, -0.2) is 26.2 Å². The molecule has 0 spiro atoms. The first-order valence-electron chi connectivity index (χ1n) is 4.00. The van der Waals surface area contributed by atoms with Crippen LogP contribution in [0.4, 0.5) is 0 Å². The van der Waals surface area contributed by atoms with Crippen molar-refractivity contribution in [1.29, 1.82) is 0 Å². The van der Waals surface area contributed by atoms with Crippen LogP contribution in [0.1, 0.15) is 26.7 Å². The van der Waals surface area contributed by atoms with Crippen LogP contribution in [0.5, 0.6) is 0 Å². The van der Waals surface area contributed by atoms with Crippen LogP contribution >= 0.6 is 0 Å². The lowest BCUT2D eigenvalue weighted by Crippen LogP contribution is -2.14. The van der Waals surface area contributed by atoms with Crippen LogP contribution in [0.3, 0.4) is 0 Å². The standard InChI is InChI=1S/C8H16O3S/c1-7(2)4-5-8(9)6-12(3,10)11/h7H,4-6H2,1-3H3. The summed E-state index contributed by atoms with van der Waals surface area (Å²) in [5.74, 6) is -0.0283. The van der Waals surface area contributed by atoms with Crippen molar-refractivity contribution in [2.75, 3.05) is 12.0 Å². The highest BCUT2D eigenvalue weighted by Crippen LogP contribution is 2.04. The molecule has 0 saturated heterocycles. The quantitative estimate of drug-likeness (QED) is 0.654. The summed E-state index contributed by atoms with van der Waals surface area (Å²) in [5, 5.41) is 0. The van der Waals surface area contributed by atoms with E-state index >= 15 is 0 Å². The third kappa shape index (κ3) is 7.72. The van der Waals surface area contributed by atoms with Crippen LogP contribution in [0.25, 0.3) is 0 Å². The lowest BCUT2D eigenvalue weighted by Gasteiger charge is -2.02. The molecule has 4 heteroatoms. The van der Waals surface area contributed by atoms with Crippen LogP contribution in [0.2, 0.25) is 0 Å². The third-order valence-corrected chi connectivity index (χ3v) is 2.27. The normalized spacial score (nSPS) is 12.0. The number of hydrogen-bond acceptors (Lipinski definition) is 3. The Morgan fingerprint density at radius 2 is 1.83 bits per heavy atom. The molecule has 0 fully saturated rings. The minimum absolute atomic E-state index is 0.175. The first-order valence-corrected chi connectivity index (χ1v) is 6.06. The number of sulfone groups is 1. The second kappa shape index (κ2) is 4.60. The highest BCUT2D eigenvalue weighted by molar-refractivity contribution is 7.91. The summed E-state index contributed by atoms with van der Waals surface area (Å²) in [5.41, 5.74) is 0. The van der Waals surface area contributed by atoms with E-state index in [0.29, 0.717) is 12.3 Å². The molecule has 0 rings (SSSR count). The molecule has 0 radical (unpaired) electrons. The predicted octanol–water partition coefficient (Wildman–Crippen LogP) is 1.04. The van der Waals surface area contributed by atoms with Gasteiger partial charge in [-0.2, -0.15) is 0 Å². The van der Waals surface area contributed by atoms with Gasteiger partial charge in [0.1, 0.15) is 11.5 Å². The van der Waals surface area contributed by atoms with E-state index in [1.807, 2.05) is 13.8 Å². The van der Waals surface area contributed by atoms with E-state index in [1.54, 1.807) is 0 Å². The van der Waals surface area contributed by atoms with Gasteiger partial charge in [0, 0.05) is 12.7 Å². The Labute approximate surface area is 74.1 Å². The average Bonchev–Trinajstić information content (AvgIpc) is 1.79. The van der Waals surface area contributed by atoms with Crippen molar-refractivity contribution in [1.82, 2.24) is 0 Å². The van der Waals surface area contributed by atoms with Gasteiger partial charge in [-0.05, 0) is 12.3 Å². The molecule has 0 aliphatic rings. The summed E-state index contributed by atoms with van der Waals surface area (Å²) in [7, 11) is -3.12. The van der Waals surface area contributed by atoms with Crippen LogP contribution in [0.15, 0.2) is 0 Å². The van der Waals surface area contributed by atoms with E-state index in [9.17, 15) is 13.2 Å². The van der Waals surface area contributed by atoms with Gasteiger partial charge >= 0.3 is 0 Å². The zero-order valence-corrected chi connectivity index (χ0v) is 8.65. The van der Waals surface area contributed by atoms with Gasteiger partial charge in [-0.1, -0.05) is 13.8 Å². The van der Waals surface area contributed by atoms with Gasteiger partial charge in [0.05, 0.1) is 0 Å². The van der Waals surface area contributed by atoms with Gasteiger partial charge in [0.2, 0.25) is 0 Å². The van der Waals surface area contributed by atoms with Crippen LogP contribution in [0, 0.1) is 5.92 Å². The smallest absolute Gasteiger partial charge is 0.154 e. The van der Waals surface area contributed by atoms with E-state index in [4.69, 9.17) is 0 Å². The highest BCUT2D eigenvalue weighted by Gasteiger charge is 2.10. The molecule has 0 aromatic heterocycles. The minimum atomic E-state index is -3.12. The van der Waals surface area contributed by atoms with Crippen molar-refractivity contribution in [2.24, 2.45) is 5.92 Å². The zero-order valence-electron chi connectivity index (χ0n) is 7.83. The topological polar surface area (TPSA) is 51.2 Å². The molecule has 0 amide bonds. The molecule has 3 nitrogen and oxygen atoms in total. The summed E-state index contributed by atoms with van der Waals surface area (Å²) in [6.45, 7) is 4.02. The Morgan fingerprint density at radius 3 is 2.17 bits per heavy atom. The lowest BCUT2D eigenvalue weighted by molar-refractivity contribution is -0.116. The fraction of sp³-hybridized carbons (Fsp3) is 0.875. The zero-order chi connectivity index (χ0) is 9.78. The number of hydrogen-bond donors (Lipinski definition) is 0. The van der Waals surface area contributed by atoms with Crippen molar-refractivity contribution in [2.45, 2.75) is 26.7 Å². The third-order valence-electron chi connectivity index (χ3n) is 1.42. The van der Waals surface area contributed by atoms with E-state index in [1.165, 1.54) is 0 Å². The Balaban J connectivity index is 3.77. The fourth-order valence-corrected chi connectivity index (χ4v) is 1.54. The average molecular weight is 192 g/mol. The van der Waals surface area contributed by atoms with Gasteiger partial charge in [0.25, 0.3) is 0 Å². The Bertz CT molecular complexity index is 239. The second-order valence-corrected chi connectivity index (χ2v) is 5.68. The molecule has 0 aliphatic heterocycles. The maximum absolute atomic E-state index is 11.0. The molecule has 0 heterocycles. The minimum Gasteiger partial charge on any atom is -0.299 e. The molecule has 0 aromatic rings. The summed E-state index contributed by atoms with van der Waals surface area (Å²) >= 11 is 0. The van der Waals surface area contributed by atoms with E-state index in [2.05, 4.69) is 0 Å². The maximum atomic E-state index is 11.0. The van der Waals surface area contributed by atoms with E-state index in [0.717, 1.165) is 12.7 Å². The number of carbonyl (C=O) groups excluding carboxylic acids is 1. The van der Waals surface area contributed by atoms with E-state index < -0.39 is 9.84 Å². The Kier molecular flexibility index (Phi) is 4.45. The molecule has 12 heavy (non-hydrogen) atoms. The molecule has 0 unspecified atom stereocenters. The second-order valence-electron chi connectivity index (χ2n) is 3.54. The predicted molar refractivity (Wildman–Crippen MR) is 48.8 cm³/mol. The molecule has 0 N–H and O–H groups in total. The maximum Gasteiger partial charge on any atom is 0.154 e. The van der Waals surface area contributed by atoms with Crippen molar-refractivity contribution in [3.63, 3.8) is 0 Å². The largest absolute Gasteiger partial charge is 0.299 e. The highest BCUT2D eigenvalue weighted by atomic mass is 32.2. The van der Waals surface area contributed by atoms with Crippen molar-refractivity contribution in [3.8, 4) is 0 Å². The summed E-state index contributed by atoms with van der Waals surface area (Å²) < 4.78 is 21.3. The molecule has 0 atom stereocenters. The van der Waals surface area contributed by atoms with Crippen LogP contribution < -0.4 is 0 Å². The van der Waals surface area contributed by atoms with Gasteiger partial charge in [-0.3, -0.25) is 4.79 Å². The Morgan fingerprint density at radius 1 is 1.33 bits per heavy atom. The molecule has 0 saturated carbocycles. The summed E-state index contributed by atoms with van der Waals surface area (Å²) in [4.78, 5) is 11.0. The SMILES string of the molecule is CC(C)CCC(=O)CS(C)(=O)=O. The van der Waals surface area contributed by atoms with Crippen molar-refractivity contribution in [3.05, 3.63) is 0 Å². The Hall–Kier alpha value is -0.380. The van der Waals surface area contributed by atoms with Gasteiger partial charge in [-0.25, -0.2) is 8.42 Å². The number of rotatable bonds is 5. The number of Topliss-reactive ketones (excluding diaryl/α,β-unsaturated/α-hetero) is 1. The van der Waals surface area contributed by atoms with E-state index in [-0.39, 0.29) is 11.5 Å². The molecular weight excluding hydrogens is 176 g/mol. The molecule has 72 valence electrons. The van der Waals surface area contributed by atoms with Crippen molar-refractivity contribution >= 4 is 15.6 Å². The van der Waals surface area contributed by atoms with Crippen LogP contribution in [-0.2, 0) is 14.6 Å². The first-order chi connectivity index (χ1) is 5.31. The lowest BCUT2D eigenvalue weighted by atomic mass is 10.1. The molecule has 0 aliphatic carbocycles. The monoisotopic (exact) mass is 192 g/mol. The number of ketones is 1.